The largest absolute Gasteiger partial charge is 0.297 e. The molecule has 0 aliphatic carbocycles. The summed E-state index contributed by atoms with van der Waals surface area (Å²) >= 11 is 3.11. The molecule has 2 heterocycles. The van der Waals surface area contributed by atoms with Gasteiger partial charge in [-0.05, 0) is 37.6 Å². The minimum atomic E-state index is 0.808. The monoisotopic (exact) mass is 280 g/mol. The SMILES string of the molecule is CCCc1ccc(C=O)s1.Cc1ccc(C=O)s1. The Bertz CT molecular complexity index is 497. The van der Waals surface area contributed by atoms with Crippen LogP contribution in [-0.4, -0.2) is 12.6 Å². The Morgan fingerprint density at radius 1 is 1.00 bits per heavy atom. The summed E-state index contributed by atoms with van der Waals surface area (Å²) in [5.41, 5.74) is 0. The van der Waals surface area contributed by atoms with Crippen molar-refractivity contribution in [1.82, 2.24) is 0 Å². The molecule has 2 rings (SSSR count). The minimum absolute atomic E-state index is 0.808. The molecule has 0 spiro atoms. The summed E-state index contributed by atoms with van der Waals surface area (Å²) in [6.45, 7) is 4.12. The van der Waals surface area contributed by atoms with Gasteiger partial charge in [-0.1, -0.05) is 13.3 Å². The molecule has 18 heavy (non-hydrogen) atoms. The van der Waals surface area contributed by atoms with Crippen LogP contribution in [0, 0.1) is 6.92 Å². The number of aldehydes is 2. The van der Waals surface area contributed by atoms with Gasteiger partial charge < -0.3 is 0 Å². The molecule has 0 aliphatic heterocycles. The highest BCUT2D eigenvalue weighted by Gasteiger charge is 1.95. The molecular formula is C14H16O2S2. The van der Waals surface area contributed by atoms with E-state index in [0.29, 0.717) is 0 Å². The quantitative estimate of drug-likeness (QED) is 0.779. The molecule has 0 radical (unpaired) electrons. The molecule has 2 aromatic rings. The molecule has 0 saturated carbocycles. The Morgan fingerprint density at radius 2 is 1.61 bits per heavy atom. The molecule has 96 valence electrons. The topological polar surface area (TPSA) is 34.1 Å². The summed E-state index contributed by atoms with van der Waals surface area (Å²) in [4.78, 5) is 24.4. The molecule has 4 heteroatoms. The van der Waals surface area contributed by atoms with Gasteiger partial charge in [0.15, 0.2) is 12.6 Å². The maximum Gasteiger partial charge on any atom is 0.160 e. The minimum Gasteiger partial charge on any atom is -0.297 e. The van der Waals surface area contributed by atoms with Crippen LogP contribution in [0.3, 0.4) is 0 Å². The molecule has 0 aromatic carbocycles. The lowest BCUT2D eigenvalue weighted by Crippen LogP contribution is -1.72. The summed E-state index contributed by atoms with van der Waals surface area (Å²) in [6.07, 6.45) is 4.03. The van der Waals surface area contributed by atoms with Gasteiger partial charge >= 0.3 is 0 Å². The van der Waals surface area contributed by atoms with Gasteiger partial charge in [-0.25, -0.2) is 0 Å². The lowest BCUT2D eigenvalue weighted by atomic mass is 10.3. The Balaban J connectivity index is 0.000000184. The lowest BCUT2D eigenvalue weighted by Gasteiger charge is -1.86. The highest BCUT2D eigenvalue weighted by atomic mass is 32.1. The van der Waals surface area contributed by atoms with Gasteiger partial charge in [-0.3, -0.25) is 9.59 Å². The van der Waals surface area contributed by atoms with Crippen LogP contribution in [0.15, 0.2) is 24.3 Å². The molecule has 0 amide bonds. The number of thiophene rings is 2. The lowest BCUT2D eigenvalue weighted by molar-refractivity contribution is 0.111. The van der Waals surface area contributed by atoms with Crippen LogP contribution in [0.4, 0.5) is 0 Å². The molecule has 0 saturated heterocycles. The van der Waals surface area contributed by atoms with Crippen molar-refractivity contribution in [2.24, 2.45) is 0 Å². The van der Waals surface area contributed by atoms with E-state index in [1.807, 2.05) is 31.2 Å². The van der Waals surface area contributed by atoms with E-state index < -0.39 is 0 Å². The number of carbonyl (C=O) groups excluding carboxylic acids is 2. The first-order valence-electron chi connectivity index (χ1n) is 5.75. The van der Waals surface area contributed by atoms with Crippen molar-refractivity contribution < 1.29 is 9.59 Å². The summed E-state index contributed by atoms with van der Waals surface area (Å²) in [7, 11) is 0. The van der Waals surface area contributed by atoms with Crippen molar-refractivity contribution in [2.45, 2.75) is 26.7 Å². The molecule has 2 aromatic heterocycles. The number of rotatable bonds is 4. The van der Waals surface area contributed by atoms with E-state index in [9.17, 15) is 9.59 Å². The fourth-order valence-electron chi connectivity index (χ4n) is 1.36. The van der Waals surface area contributed by atoms with Crippen LogP contribution in [0.5, 0.6) is 0 Å². The molecule has 0 N–H and O–H groups in total. The van der Waals surface area contributed by atoms with Crippen molar-refractivity contribution in [2.75, 3.05) is 0 Å². The first-order valence-corrected chi connectivity index (χ1v) is 7.38. The second kappa shape index (κ2) is 7.95. The third-order valence-corrected chi connectivity index (χ3v) is 4.17. The zero-order chi connectivity index (χ0) is 13.4. The summed E-state index contributed by atoms with van der Waals surface area (Å²) in [5, 5.41) is 0. The van der Waals surface area contributed by atoms with Gasteiger partial charge in [0.05, 0.1) is 9.75 Å². The van der Waals surface area contributed by atoms with E-state index in [-0.39, 0.29) is 0 Å². The number of aryl methyl sites for hydroxylation is 2. The van der Waals surface area contributed by atoms with Gasteiger partial charge in [-0.15, -0.1) is 22.7 Å². The van der Waals surface area contributed by atoms with Crippen molar-refractivity contribution in [1.29, 1.82) is 0 Å². The van der Waals surface area contributed by atoms with Gasteiger partial charge in [0.25, 0.3) is 0 Å². The third-order valence-electron chi connectivity index (χ3n) is 2.17. The molecule has 2 nitrogen and oxygen atoms in total. The zero-order valence-corrected chi connectivity index (χ0v) is 12.1. The smallest absolute Gasteiger partial charge is 0.160 e. The van der Waals surface area contributed by atoms with E-state index in [1.165, 1.54) is 21.1 Å². The van der Waals surface area contributed by atoms with Gasteiger partial charge in [0.1, 0.15) is 0 Å². The highest BCUT2D eigenvalue weighted by Crippen LogP contribution is 2.15. The van der Waals surface area contributed by atoms with Crippen LogP contribution in [0.1, 0.15) is 42.4 Å². The van der Waals surface area contributed by atoms with Gasteiger partial charge in [-0.2, -0.15) is 0 Å². The van der Waals surface area contributed by atoms with Crippen LogP contribution in [-0.2, 0) is 6.42 Å². The van der Waals surface area contributed by atoms with E-state index in [1.54, 1.807) is 11.3 Å². The third kappa shape index (κ3) is 4.94. The molecular weight excluding hydrogens is 264 g/mol. The zero-order valence-electron chi connectivity index (χ0n) is 10.5. The first kappa shape index (κ1) is 14.8. The Kier molecular flexibility index (Phi) is 6.54. The number of hydrogen-bond donors (Lipinski definition) is 0. The fraction of sp³-hybridized carbons (Fsp3) is 0.286. The fourth-order valence-corrected chi connectivity index (χ4v) is 2.98. The molecule has 0 unspecified atom stereocenters. The number of carbonyl (C=O) groups is 2. The summed E-state index contributed by atoms with van der Waals surface area (Å²) in [6, 6.07) is 7.67. The van der Waals surface area contributed by atoms with Crippen molar-refractivity contribution >= 4 is 35.2 Å². The standard InChI is InChI=1S/C8H10OS.C6H6OS/c1-2-3-7-4-5-8(6-9)10-7;1-5-2-3-6(4-7)8-5/h4-6H,2-3H2,1H3;2-4H,1H3. The summed E-state index contributed by atoms with van der Waals surface area (Å²) in [5.74, 6) is 0. The number of hydrogen-bond acceptors (Lipinski definition) is 4. The average Bonchev–Trinajstić information content (AvgIpc) is 2.99. The van der Waals surface area contributed by atoms with Gasteiger partial charge in [0, 0.05) is 9.75 Å². The predicted octanol–water partition coefficient (Wildman–Crippen LogP) is 4.38. The van der Waals surface area contributed by atoms with E-state index in [0.717, 1.165) is 35.2 Å². The normalized spacial score (nSPS) is 9.44. The Labute approximate surface area is 115 Å². The second-order valence-corrected chi connectivity index (χ2v) is 6.26. The van der Waals surface area contributed by atoms with E-state index in [4.69, 9.17) is 0 Å². The molecule has 0 aliphatic rings. The van der Waals surface area contributed by atoms with Gasteiger partial charge in [0.2, 0.25) is 0 Å². The van der Waals surface area contributed by atoms with Crippen molar-refractivity contribution in [3.05, 3.63) is 43.8 Å². The Morgan fingerprint density at radius 3 is 2.00 bits per heavy atom. The van der Waals surface area contributed by atoms with E-state index >= 15 is 0 Å². The van der Waals surface area contributed by atoms with Crippen LogP contribution in [0.25, 0.3) is 0 Å². The first-order chi connectivity index (χ1) is 8.69. The Hall–Kier alpha value is -1.26. The summed E-state index contributed by atoms with van der Waals surface area (Å²) < 4.78 is 0. The molecule has 0 atom stereocenters. The highest BCUT2D eigenvalue weighted by molar-refractivity contribution is 7.13. The molecule has 0 bridgehead atoms. The van der Waals surface area contributed by atoms with Crippen LogP contribution >= 0.6 is 22.7 Å². The van der Waals surface area contributed by atoms with Crippen molar-refractivity contribution in [3.8, 4) is 0 Å². The van der Waals surface area contributed by atoms with Crippen LogP contribution in [0.2, 0.25) is 0 Å². The van der Waals surface area contributed by atoms with Crippen molar-refractivity contribution in [3.63, 3.8) is 0 Å². The van der Waals surface area contributed by atoms with E-state index in [2.05, 4.69) is 6.92 Å². The predicted molar refractivity (Wildman–Crippen MR) is 78.1 cm³/mol. The molecule has 0 fully saturated rings. The second-order valence-electron chi connectivity index (χ2n) is 3.74. The van der Waals surface area contributed by atoms with Crippen LogP contribution < -0.4 is 0 Å². The maximum atomic E-state index is 10.2. The average molecular weight is 280 g/mol. The maximum absolute atomic E-state index is 10.2.